The van der Waals surface area contributed by atoms with Crippen LogP contribution in [0, 0.1) is 0 Å². The number of nitrogens with zero attached hydrogens (tertiary/aromatic N) is 2. The number of carbonyl (C=O) groups excluding carboxylic acids is 1. The van der Waals surface area contributed by atoms with Gasteiger partial charge in [0.15, 0.2) is 0 Å². The zero-order valence-corrected chi connectivity index (χ0v) is 11.4. The molecule has 0 saturated heterocycles. The van der Waals surface area contributed by atoms with Gasteiger partial charge in [0, 0.05) is 6.04 Å². The van der Waals surface area contributed by atoms with Crippen LogP contribution in [0.5, 0.6) is 0 Å². The molecule has 4 nitrogen and oxygen atoms in total. The number of aliphatic hydroxyl groups is 1. The average molecular weight is 289 g/mol. The minimum absolute atomic E-state index is 0.0964. The maximum atomic E-state index is 12.0. The van der Waals surface area contributed by atoms with Crippen molar-refractivity contribution in [3.8, 4) is 0 Å². The van der Waals surface area contributed by atoms with Gasteiger partial charge in [-0.2, -0.15) is 5.10 Å². The Bertz CT molecular complexity index is 374. The zero-order chi connectivity index (χ0) is 12.3. The summed E-state index contributed by atoms with van der Waals surface area (Å²) < 4.78 is 2.27. The molecule has 1 unspecified atom stereocenters. The number of halogens is 1. The van der Waals surface area contributed by atoms with E-state index in [4.69, 9.17) is 0 Å². The van der Waals surface area contributed by atoms with Crippen LogP contribution in [0.15, 0.2) is 10.7 Å². The number of Topliss-reactive ketones (excluding diaryl/α,β-unsaturated/α-hetero) is 1. The summed E-state index contributed by atoms with van der Waals surface area (Å²) in [7, 11) is 0. The van der Waals surface area contributed by atoms with E-state index in [1.165, 1.54) is 0 Å². The molecule has 0 aliphatic rings. The van der Waals surface area contributed by atoms with Crippen molar-refractivity contribution in [2.45, 2.75) is 45.8 Å². The molecular formula is C11H17BrN2O2. The Morgan fingerprint density at radius 2 is 2.25 bits per heavy atom. The van der Waals surface area contributed by atoms with Crippen LogP contribution in [0.25, 0.3) is 0 Å². The zero-order valence-electron chi connectivity index (χ0n) is 9.77. The van der Waals surface area contributed by atoms with Crippen LogP contribution in [0.2, 0.25) is 0 Å². The number of aromatic nitrogens is 2. The molecule has 16 heavy (non-hydrogen) atoms. The number of hydrogen-bond donors (Lipinski definition) is 1. The summed E-state index contributed by atoms with van der Waals surface area (Å²) in [6, 6.07) is 0.0964. The smallest absolute Gasteiger partial charge is 0.210 e. The van der Waals surface area contributed by atoms with Gasteiger partial charge in [-0.05, 0) is 36.2 Å². The molecule has 0 spiro atoms. The Kier molecular flexibility index (Phi) is 4.68. The second-order valence-electron chi connectivity index (χ2n) is 4.05. The average Bonchev–Trinajstić information content (AvgIpc) is 2.59. The van der Waals surface area contributed by atoms with Crippen molar-refractivity contribution in [3.63, 3.8) is 0 Å². The van der Waals surface area contributed by atoms with E-state index in [1.54, 1.807) is 10.9 Å². The highest BCUT2D eigenvalue weighted by atomic mass is 79.9. The van der Waals surface area contributed by atoms with Crippen molar-refractivity contribution in [2.75, 3.05) is 0 Å². The van der Waals surface area contributed by atoms with E-state index in [-0.39, 0.29) is 11.8 Å². The normalized spacial score (nSPS) is 13.1. The van der Waals surface area contributed by atoms with Crippen LogP contribution < -0.4 is 0 Å². The molecular weight excluding hydrogens is 272 g/mol. The van der Waals surface area contributed by atoms with E-state index in [1.807, 2.05) is 20.8 Å². The fourth-order valence-corrected chi connectivity index (χ4v) is 1.99. The van der Waals surface area contributed by atoms with Crippen molar-refractivity contribution < 1.29 is 9.90 Å². The van der Waals surface area contributed by atoms with Gasteiger partial charge in [0.1, 0.15) is 11.8 Å². The van der Waals surface area contributed by atoms with E-state index < -0.39 is 6.10 Å². The molecule has 0 aliphatic heterocycles. The first kappa shape index (κ1) is 13.4. The highest BCUT2D eigenvalue weighted by molar-refractivity contribution is 9.10. The molecule has 1 N–H and O–H groups in total. The first-order valence-electron chi connectivity index (χ1n) is 5.44. The first-order valence-corrected chi connectivity index (χ1v) is 6.23. The van der Waals surface area contributed by atoms with Gasteiger partial charge in [-0.15, -0.1) is 0 Å². The lowest BCUT2D eigenvalue weighted by Crippen LogP contribution is -2.24. The van der Waals surface area contributed by atoms with Crippen molar-refractivity contribution >= 4 is 21.7 Å². The second kappa shape index (κ2) is 5.59. The van der Waals surface area contributed by atoms with Crippen LogP contribution in [-0.2, 0) is 0 Å². The Hall–Kier alpha value is -0.680. The lowest BCUT2D eigenvalue weighted by atomic mass is 10.1. The Morgan fingerprint density at radius 1 is 1.62 bits per heavy atom. The Morgan fingerprint density at radius 3 is 2.75 bits per heavy atom. The lowest BCUT2D eigenvalue weighted by Gasteiger charge is -2.13. The molecule has 0 fully saturated rings. The number of aliphatic hydroxyl groups excluding tert-OH is 1. The number of carbonyl (C=O) groups is 1. The minimum Gasteiger partial charge on any atom is -0.385 e. The molecule has 1 atom stereocenters. The second-order valence-corrected chi connectivity index (χ2v) is 4.90. The van der Waals surface area contributed by atoms with Gasteiger partial charge in [0.05, 0.1) is 10.7 Å². The predicted octanol–water partition coefficient (Wildman–Crippen LogP) is 2.57. The van der Waals surface area contributed by atoms with Crippen molar-refractivity contribution in [3.05, 3.63) is 16.4 Å². The molecule has 1 aromatic rings. The highest BCUT2D eigenvalue weighted by Crippen LogP contribution is 2.21. The van der Waals surface area contributed by atoms with Crippen LogP contribution in [0.1, 0.15) is 50.1 Å². The van der Waals surface area contributed by atoms with Gasteiger partial charge in [-0.1, -0.05) is 13.3 Å². The van der Waals surface area contributed by atoms with Crippen LogP contribution in [0.4, 0.5) is 0 Å². The van der Waals surface area contributed by atoms with Crippen LogP contribution >= 0.6 is 15.9 Å². The molecule has 1 heterocycles. The molecule has 0 aliphatic carbocycles. The summed E-state index contributed by atoms with van der Waals surface area (Å²) in [6.07, 6.45) is 1.91. The van der Waals surface area contributed by atoms with Crippen molar-refractivity contribution in [1.82, 2.24) is 9.78 Å². The Balaban J connectivity index is 3.02. The maximum absolute atomic E-state index is 12.0. The monoisotopic (exact) mass is 288 g/mol. The van der Waals surface area contributed by atoms with E-state index in [2.05, 4.69) is 21.0 Å². The van der Waals surface area contributed by atoms with Gasteiger partial charge in [0.2, 0.25) is 5.78 Å². The van der Waals surface area contributed by atoms with Crippen molar-refractivity contribution in [1.29, 1.82) is 0 Å². The molecule has 0 saturated carbocycles. The molecule has 0 amide bonds. The van der Waals surface area contributed by atoms with Gasteiger partial charge >= 0.3 is 0 Å². The fourth-order valence-electron chi connectivity index (χ4n) is 1.53. The summed E-state index contributed by atoms with van der Waals surface area (Å²) in [5, 5.41) is 13.8. The molecule has 5 heteroatoms. The number of hydrogen-bond acceptors (Lipinski definition) is 3. The largest absolute Gasteiger partial charge is 0.385 e. The summed E-state index contributed by atoms with van der Waals surface area (Å²) in [5.41, 5.74) is 0.455. The van der Waals surface area contributed by atoms with Gasteiger partial charge < -0.3 is 5.11 Å². The standard InChI is InChI=1S/C11H17BrN2O2/c1-4-5-9(15)11(16)10-8(12)6-13-14(10)7(2)3/h6-7,9,15H,4-5H2,1-3H3. The first-order chi connectivity index (χ1) is 7.49. The fraction of sp³-hybridized carbons (Fsp3) is 0.636. The molecule has 0 aromatic carbocycles. The number of rotatable bonds is 5. The third-order valence-electron chi connectivity index (χ3n) is 2.34. The van der Waals surface area contributed by atoms with Crippen molar-refractivity contribution in [2.24, 2.45) is 0 Å². The van der Waals surface area contributed by atoms with Gasteiger partial charge in [-0.3, -0.25) is 9.48 Å². The maximum Gasteiger partial charge on any atom is 0.210 e. The Labute approximate surface area is 104 Å². The minimum atomic E-state index is -0.935. The molecule has 90 valence electrons. The highest BCUT2D eigenvalue weighted by Gasteiger charge is 2.24. The summed E-state index contributed by atoms with van der Waals surface area (Å²) in [4.78, 5) is 12.0. The van der Waals surface area contributed by atoms with E-state index >= 15 is 0 Å². The lowest BCUT2D eigenvalue weighted by molar-refractivity contribution is 0.0715. The summed E-state index contributed by atoms with van der Waals surface area (Å²) >= 11 is 3.29. The predicted molar refractivity (Wildman–Crippen MR) is 65.6 cm³/mol. The topological polar surface area (TPSA) is 55.1 Å². The third kappa shape index (κ3) is 2.71. The van der Waals surface area contributed by atoms with Crippen LogP contribution in [-0.4, -0.2) is 26.8 Å². The molecule has 0 radical (unpaired) electrons. The summed E-state index contributed by atoms with van der Waals surface area (Å²) in [6.45, 7) is 5.83. The van der Waals surface area contributed by atoms with E-state index in [9.17, 15) is 9.90 Å². The molecule has 0 bridgehead atoms. The summed E-state index contributed by atoms with van der Waals surface area (Å²) in [5.74, 6) is -0.264. The number of ketones is 1. The SMILES string of the molecule is CCCC(O)C(=O)c1c(Br)cnn1C(C)C. The van der Waals surface area contributed by atoms with Crippen LogP contribution in [0.3, 0.4) is 0 Å². The molecule has 1 aromatic heterocycles. The van der Waals surface area contributed by atoms with Gasteiger partial charge in [-0.25, -0.2) is 0 Å². The van der Waals surface area contributed by atoms with E-state index in [0.29, 0.717) is 16.6 Å². The quantitative estimate of drug-likeness (QED) is 0.848. The third-order valence-corrected chi connectivity index (χ3v) is 2.92. The van der Waals surface area contributed by atoms with Gasteiger partial charge in [0.25, 0.3) is 0 Å². The molecule has 1 rings (SSSR count). The van der Waals surface area contributed by atoms with E-state index in [0.717, 1.165) is 6.42 Å².